The van der Waals surface area contributed by atoms with Crippen molar-refractivity contribution >= 4 is 5.84 Å². The van der Waals surface area contributed by atoms with Crippen LogP contribution in [-0.4, -0.2) is 42.1 Å². The van der Waals surface area contributed by atoms with Crippen LogP contribution in [0.3, 0.4) is 0 Å². The number of oxime groups is 1. The van der Waals surface area contributed by atoms with E-state index in [0.717, 1.165) is 38.3 Å². The van der Waals surface area contributed by atoms with E-state index in [-0.39, 0.29) is 5.84 Å². The smallest absolute Gasteiger partial charge is 0.170 e. The molecule has 5 heteroatoms. The van der Waals surface area contributed by atoms with Crippen LogP contribution in [0.25, 0.3) is 0 Å². The molecule has 0 spiro atoms. The van der Waals surface area contributed by atoms with Gasteiger partial charge in [0.25, 0.3) is 0 Å². The molecule has 0 heterocycles. The second-order valence-electron chi connectivity index (χ2n) is 4.39. The molecular weight excluding hydrogens is 240 g/mol. The maximum Gasteiger partial charge on any atom is 0.170 e. The van der Waals surface area contributed by atoms with Crippen molar-refractivity contribution in [3.05, 3.63) is 35.4 Å². The Morgan fingerprint density at radius 3 is 2.42 bits per heavy atom. The van der Waals surface area contributed by atoms with Gasteiger partial charge in [0, 0.05) is 25.2 Å². The minimum Gasteiger partial charge on any atom is -0.409 e. The van der Waals surface area contributed by atoms with Gasteiger partial charge < -0.3 is 21.2 Å². The zero-order valence-electron chi connectivity index (χ0n) is 11.8. The van der Waals surface area contributed by atoms with E-state index in [0.29, 0.717) is 0 Å². The molecule has 106 valence electrons. The van der Waals surface area contributed by atoms with Crippen LogP contribution in [0.2, 0.25) is 0 Å². The monoisotopic (exact) mass is 264 g/mol. The maximum atomic E-state index is 8.58. The summed E-state index contributed by atoms with van der Waals surface area (Å²) >= 11 is 0. The molecule has 0 saturated heterocycles. The Morgan fingerprint density at radius 2 is 1.89 bits per heavy atom. The number of benzene rings is 1. The van der Waals surface area contributed by atoms with E-state index in [2.05, 4.69) is 29.2 Å². The van der Waals surface area contributed by atoms with Gasteiger partial charge in [0.05, 0.1) is 0 Å². The van der Waals surface area contributed by atoms with Gasteiger partial charge in [-0.25, -0.2) is 0 Å². The molecular formula is C14H24N4O. The van der Waals surface area contributed by atoms with Crippen LogP contribution < -0.4 is 11.1 Å². The third kappa shape index (κ3) is 5.28. The van der Waals surface area contributed by atoms with Crippen molar-refractivity contribution in [3.63, 3.8) is 0 Å². The molecule has 1 aromatic rings. The lowest BCUT2D eigenvalue weighted by Gasteiger charge is -2.18. The molecule has 0 saturated carbocycles. The first-order valence-corrected chi connectivity index (χ1v) is 6.71. The van der Waals surface area contributed by atoms with Gasteiger partial charge in [-0.2, -0.15) is 0 Å². The molecule has 0 radical (unpaired) electrons. The van der Waals surface area contributed by atoms with Gasteiger partial charge in [0.2, 0.25) is 0 Å². The largest absolute Gasteiger partial charge is 0.409 e. The fourth-order valence-corrected chi connectivity index (χ4v) is 1.86. The van der Waals surface area contributed by atoms with Crippen LogP contribution in [0.5, 0.6) is 0 Å². The van der Waals surface area contributed by atoms with E-state index in [9.17, 15) is 0 Å². The third-order valence-corrected chi connectivity index (χ3v) is 3.19. The highest BCUT2D eigenvalue weighted by Gasteiger charge is 2.00. The Hall–Kier alpha value is -1.59. The van der Waals surface area contributed by atoms with Crippen molar-refractivity contribution < 1.29 is 5.21 Å². The minimum absolute atomic E-state index is 0.140. The van der Waals surface area contributed by atoms with Crippen molar-refractivity contribution in [1.29, 1.82) is 0 Å². The summed E-state index contributed by atoms with van der Waals surface area (Å²) in [4.78, 5) is 2.38. The highest BCUT2D eigenvalue weighted by molar-refractivity contribution is 5.96. The summed E-state index contributed by atoms with van der Waals surface area (Å²) in [7, 11) is 0. The van der Waals surface area contributed by atoms with Gasteiger partial charge in [0.15, 0.2) is 5.84 Å². The lowest BCUT2D eigenvalue weighted by Crippen LogP contribution is -2.31. The van der Waals surface area contributed by atoms with Crippen LogP contribution in [-0.2, 0) is 6.54 Å². The average molecular weight is 264 g/mol. The quantitative estimate of drug-likeness (QED) is 0.217. The van der Waals surface area contributed by atoms with E-state index in [1.807, 2.05) is 24.3 Å². The molecule has 19 heavy (non-hydrogen) atoms. The molecule has 5 nitrogen and oxygen atoms in total. The molecule has 1 rings (SSSR count). The number of amidine groups is 1. The molecule has 0 unspecified atom stereocenters. The van der Waals surface area contributed by atoms with Crippen LogP contribution in [0.15, 0.2) is 29.4 Å². The number of hydrogen-bond acceptors (Lipinski definition) is 4. The number of nitrogens with zero attached hydrogens (tertiary/aromatic N) is 2. The fourth-order valence-electron chi connectivity index (χ4n) is 1.86. The van der Waals surface area contributed by atoms with E-state index in [1.165, 1.54) is 5.56 Å². The van der Waals surface area contributed by atoms with Crippen LogP contribution in [0.4, 0.5) is 0 Å². The van der Waals surface area contributed by atoms with Gasteiger partial charge in [-0.1, -0.05) is 43.3 Å². The SMILES string of the molecule is CCN(CC)CCNCc1ccc(C(N)=NO)cc1. The number of hydrogen-bond donors (Lipinski definition) is 3. The zero-order chi connectivity index (χ0) is 14.1. The lowest BCUT2D eigenvalue weighted by atomic mass is 10.1. The first-order chi connectivity index (χ1) is 9.21. The third-order valence-electron chi connectivity index (χ3n) is 3.19. The number of nitrogens with one attached hydrogen (secondary N) is 1. The summed E-state index contributed by atoms with van der Waals surface area (Å²) < 4.78 is 0. The van der Waals surface area contributed by atoms with Crippen LogP contribution in [0, 0.1) is 0 Å². The summed E-state index contributed by atoms with van der Waals surface area (Å²) in [5.41, 5.74) is 7.43. The summed E-state index contributed by atoms with van der Waals surface area (Å²) in [5, 5.41) is 15.0. The second-order valence-corrected chi connectivity index (χ2v) is 4.39. The average Bonchev–Trinajstić information content (AvgIpc) is 2.47. The predicted molar refractivity (Wildman–Crippen MR) is 78.4 cm³/mol. The summed E-state index contributed by atoms with van der Waals surface area (Å²) in [6.45, 7) is 9.40. The highest BCUT2D eigenvalue weighted by Crippen LogP contribution is 2.03. The zero-order valence-corrected chi connectivity index (χ0v) is 11.8. The van der Waals surface area contributed by atoms with Crippen molar-refractivity contribution in [2.45, 2.75) is 20.4 Å². The first kappa shape index (κ1) is 15.5. The Bertz CT molecular complexity index is 385. The standard InChI is InChI=1S/C14H24N4O/c1-3-18(4-2)10-9-16-11-12-5-7-13(8-6-12)14(15)17-19/h5-8,16,19H,3-4,9-11H2,1-2H3,(H2,15,17). The summed E-state index contributed by atoms with van der Waals surface area (Å²) in [6, 6.07) is 7.68. The fraction of sp³-hybridized carbons (Fsp3) is 0.500. The van der Waals surface area contributed by atoms with Crippen molar-refractivity contribution in [2.24, 2.45) is 10.9 Å². The molecule has 0 aliphatic carbocycles. The van der Waals surface area contributed by atoms with Gasteiger partial charge in [0.1, 0.15) is 0 Å². The molecule has 0 aromatic heterocycles. The molecule has 1 aromatic carbocycles. The number of rotatable bonds is 8. The molecule has 0 aliphatic heterocycles. The predicted octanol–water partition coefficient (Wildman–Crippen LogP) is 1.21. The Morgan fingerprint density at radius 1 is 1.26 bits per heavy atom. The van der Waals surface area contributed by atoms with Crippen molar-refractivity contribution in [2.75, 3.05) is 26.2 Å². The van der Waals surface area contributed by atoms with Gasteiger partial charge in [-0.05, 0) is 18.7 Å². The van der Waals surface area contributed by atoms with Gasteiger partial charge in [-0.15, -0.1) is 0 Å². The van der Waals surface area contributed by atoms with Gasteiger partial charge >= 0.3 is 0 Å². The van der Waals surface area contributed by atoms with Crippen molar-refractivity contribution in [3.8, 4) is 0 Å². The Kier molecular flexibility index (Phi) is 6.92. The second kappa shape index (κ2) is 8.50. The first-order valence-electron chi connectivity index (χ1n) is 6.71. The Balaban J connectivity index is 2.34. The van der Waals surface area contributed by atoms with Crippen LogP contribution in [0.1, 0.15) is 25.0 Å². The molecule has 0 atom stereocenters. The van der Waals surface area contributed by atoms with E-state index < -0.39 is 0 Å². The number of nitrogens with two attached hydrogens (primary N) is 1. The maximum absolute atomic E-state index is 8.58. The molecule has 4 N–H and O–H groups in total. The molecule has 0 amide bonds. The van der Waals surface area contributed by atoms with E-state index >= 15 is 0 Å². The van der Waals surface area contributed by atoms with Gasteiger partial charge in [-0.3, -0.25) is 0 Å². The van der Waals surface area contributed by atoms with E-state index in [1.54, 1.807) is 0 Å². The minimum atomic E-state index is 0.140. The highest BCUT2D eigenvalue weighted by atomic mass is 16.4. The molecule has 0 fully saturated rings. The van der Waals surface area contributed by atoms with E-state index in [4.69, 9.17) is 10.9 Å². The lowest BCUT2D eigenvalue weighted by molar-refractivity contribution is 0.302. The Labute approximate surface area is 115 Å². The normalized spacial score (nSPS) is 12.1. The molecule has 0 aliphatic rings. The summed E-state index contributed by atoms with van der Waals surface area (Å²) in [6.07, 6.45) is 0. The topological polar surface area (TPSA) is 73.9 Å². The number of likely N-dealkylation sites (N-methyl/N-ethyl adjacent to an activating group) is 1. The van der Waals surface area contributed by atoms with Crippen LogP contribution >= 0.6 is 0 Å². The molecule has 0 bridgehead atoms. The summed E-state index contributed by atoms with van der Waals surface area (Å²) in [5.74, 6) is 0.140. The van der Waals surface area contributed by atoms with Crippen molar-refractivity contribution in [1.82, 2.24) is 10.2 Å².